The fraction of sp³-hybridized carbons (Fsp3) is 0.333. The Bertz CT molecular complexity index is 1540. The number of pyridine rings is 1. The van der Waals surface area contributed by atoms with E-state index in [2.05, 4.69) is 31.9 Å². The molecule has 2 aromatic carbocycles. The third-order valence-electron chi connectivity index (χ3n) is 7.93. The van der Waals surface area contributed by atoms with Crippen LogP contribution >= 0.6 is 0 Å². The number of aliphatic carboxylic acids is 1. The minimum absolute atomic E-state index is 0.0661. The number of carboxylic acid groups (broad SMARTS) is 1. The van der Waals surface area contributed by atoms with Gasteiger partial charge in [0, 0.05) is 42.3 Å². The van der Waals surface area contributed by atoms with Crippen LogP contribution < -0.4 is 16.0 Å². The molecule has 0 spiro atoms. The van der Waals surface area contributed by atoms with E-state index in [4.69, 9.17) is 15.5 Å². The molecule has 10 nitrogen and oxygen atoms in total. The molecule has 0 bridgehead atoms. The predicted octanol–water partition coefficient (Wildman–Crippen LogP) is 4.34. The zero-order chi connectivity index (χ0) is 27.6. The van der Waals surface area contributed by atoms with Crippen molar-refractivity contribution in [2.75, 3.05) is 42.3 Å². The molecular formula is C30H32N6O4. The summed E-state index contributed by atoms with van der Waals surface area (Å²) in [6, 6.07) is 17.7. The van der Waals surface area contributed by atoms with Gasteiger partial charge in [0.25, 0.3) is 0 Å². The first kappa shape index (κ1) is 25.8. The molecule has 4 aromatic rings. The summed E-state index contributed by atoms with van der Waals surface area (Å²) in [5.41, 5.74) is 11.5. The SMILES string of the molecule is Nc1ncccc1-c1nc2ccc(N3CCOCC3)cc2n1-c1ccc(NC(=O)[C@H]2CC[C@H](C(=O)O)CC2)cc1. The maximum absolute atomic E-state index is 12.9. The molecule has 0 unspecified atom stereocenters. The summed E-state index contributed by atoms with van der Waals surface area (Å²) in [5.74, 6) is -0.276. The van der Waals surface area contributed by atoms with Crippen molar-refractivity contribution in [3.8, 4) is 17.1 Å². The Morgan fingerprint density at radius 1 is 0.950 bits per heavy atom. The van der Waals surface area contributed by atoms with Crippen LogP contribution in [0.25, 0.3) is 28.1 Å². The highest BCUT2D eigenvalue weighted by Gasteiger charge is 2.29. The molecule has 2 fully saturated rings. The van der Waals surface area contributed by atoms with Gasteiger partial charge in [-0.1, -0.05) is 0 Å². The number of nitrogens with two attached hydrogens (primary N) is 1. The van der Waals surface area contributed by atoms with E-state index in [0.29, 0.717) is 56.2 Å². The number of rotatable bonds is 6. The predicted molar refractivity (Wildman–Crippen MR) is 153 cm³/mol. The summed E-state index contributed by atoms with van der Waals surface area (Å²) in [7, 11) is 0. The number of hydrogen-bond donors (Lipinski definition) is 3. The van der Waals surface area contributed by atoms with Crippen LogP contribution in [0, 0.1) is 11.8 Å². The van der Waals surface area contributed by atoms with E-state index in [-0.39, 0.29) is 17.7 Å². The number of carboxylic acids is 1. The first-order valence-electron chi connectivity index (χ1n) is 13.7. The zero-order valence-electron chi connectivity index (χ0n) is 22.1. The molecule has 6 rings (SSSR count). The van der Waals surface area contributed by atoms with Crippen LogP contribution in [0.1, 0.15) is 25.7 Å². The van der Waals surface area contributed by atoms with Gasteiger partial charge in [-0.15, -0.1) is 0 Å². The number of aromatic nitrogens is 3. The lowest BCUT2D eigenvalue weighted by molar-refractivity contribution is -0.143. The number of imidazole rings is 1. The second-order valence-electron chi connectivity index (χ2n) is 10.4. The van der Waals surface area contributed by atoms with E-state index < -0.39 is 5.97 Å². The highest BCUT2D eigenvalue weighted by atomic mass is 16.5. The van der Waals surface area contributed by atoms with Gasteiger partial charge in [0.05, 0.1) is 35.7 Å². The first-order valence-corrected chi connectivity index (χ1v) is 13.7. The van der Waals surface area contributed by atoms with Gasteiger partial charge in [-0.05, 0) is 80.3 Å². The Morgan fingerprint density at radius 2 is 1.65 bits per heavy atom. The van der Waals surface area contributed by atoms with Gasteiger partial charge >= 0.3 is 5.97 Å². The number of anilines is 3. The van der Waals surface area contributed by atoms with Gasteiger partial charge < -0.3 is 25.8 Å². The van der Waals surface area contributed by atoms with E-state index in [9.17, 15) is 14.7 Å². The highest BCUT2D eigenvalue weighted by Crippen LogP contribution is 2.34. The van der Waals surface area contributed by atoms with Crippen molar-refractivity contribution in [3.63, 3.8) is 0 Å². The number of carbonyl (C=O) groups is 2. The average molecular weight is 541 g/mol. The highest BCUT2D eigenvalue weighted by molar-refractivity contribution is 5.93. The molecule has 40 heavy (non-hydrogen) atoms. The largest absolute Gasteiger partial charge is 0.481 e. The third kappa shape index (κ3) is 5.10. The van der Waals surface area contributed by atoms with E-state index in [1.54, 1.807) is 6.20 Å². The smallest absolute Gasteiger partial charge is 0.306 e. The molecule has 10 heteroatoms. The Hall–Kier alpha value is -4.44. The number of fused-ring (bicyclic) bond motifs is 1. The molecule has 0 atom stereocenters. The first-order chi connectivity index (χ1) is 19.5. The molecule has 0 radical (unpaired) electrons. The molecule has 1 amide bonds. The van der Waals surface area contributed by atoms with E-state index in [0.717, 1.165) is 41.1 Å². The van der Waals surface area contributed by atoms with Gasteiger partial charge in [0.15, 0.2) is 0 Å². The Labute approximate surface area is 231 Å². The van der Waals surface area contributed by atoms with E-state index >= 15 is 0 Å². The van der Waals surface area contributed by atoms with Gasteiger partial charge in [-0.25, -0.2) is 9.97 Å². The Morgan fingerprint density at radius 3 is 2.35 bits per heavy atom. The van der Waals surface area contributed by atoms with Crippen LogP contribution in [0.3, 0.4) is 0 Å². The lowest BCUT2D eigenvalue weighted by Crippen LogP contribution is -2.36. The number of benzene rings is 2. The van der Waals surface area contributed by atoms with Crippen molar-refractivity contribution >= 4 is 40.1 Å². The second kappa shape index (κ2) is 11.0. The van der Waals surface area contributed by atoms with Crippen molar-refractivity contribution in [3.05, 3.63) is 60.8 Å². The van der Waals surface area contributed by atoms with Crippen LogP contribution in [0.2, 0.25) is 0 Å². The fourth-order valence-electron chi connectivity index (χ4n) is 5.67. The minimum atomic E-state index is -0.772. The van der Waals surface area contributed by atoms with Crippen LogP contribution in [-0.2, 0) is 14.3 Å². The number of ether oxygens (including phenoxy) is 1. The van der Waals surface area contributed by atoms with Gasteiger partial charge in [-0.3, -0.25) is 14.2 Å². The summed E-state index contributed by atoms with van der Waals surface area (Å²) in [6.07, 6.45) is 3.90. The van der Waals surface area contributed by atoms with Gasteiger partial charge in [-0.2, -0.15) is 0 Å². The molecule has 206 valence electrons. The standard InChI is InChI=1S/C30H32N6O4/c31-27-24(2-1-13-32-27)28-34-25-12-11-23(35-14-16-40-17-15-35)18-26(25)36(28)22-9-7-21(8-10-22)33-29(37)19-3-5-20(6-4-19)30(38)39/h1-2,7-13,18-20H,3-6,14-17H2,(H2,31,32)(H,33,37)(H,38,39)/t19-,20-. The molecule has 2 aliphatic rings. The lowest BCUT2D eigenvalue weighted by atomic mass is 9.81. The van der Waals surface area contributed by atoms with Crippen molar-refractivity contribution < 1.29 is 19.4 Å². The van der Waals surface area contributed by atoms with Crippen molar-refractivity contribution in [1.82, 2.24) is 14.5 Å². The fourth-order valence-corrected chi connectivity index (χ4v) is 5.67. The molecule has 2 aromatic heterocycles. The Kier molecular flexibility index (Phi) is 7.08. The summed E-state index contributed by atoms with van der Waals surface area (Å²) >= 11 is 0. The Balaban J connectivity index is 1.31. The minimum Gasteiger partial charge on any atom is -0.481 e. The van der Waals surface area contributed by atoms with Crippen LogP contribution in [0.15, 0.2) is 60.8 Å². The van der Waals surface area contributed by atoms with Crippen molar-refractivity contribution in [2.24, 2.45) is 11.8 Å². The summed E-state index contributed by atoms with van der Waals surface area (Å²) < 4.78 is 7.61. The van der Waals surface area contributed by atoms with Crippen LogP contribution in [0.4, 0.5) is 17.2 Å². The van der Waals surface area contributed by atoms with Crippen molar-refractivity contribution in [2.45, 2.75) is 25.7 Å². The molecule has 4 N–H and O–H groups in total. The summed E-state index contributed by atoms with van der Waals surface area (Å²) in [6.45, 7) is 3.05. The van der Waals surface area contributed by atoms with E-state index in [1.807, 2.05) is 42.5 Å². The van der Waals surface area contributed by atoms with Crippen molar-refractivity contribution in [1.29, 1.82) is 0 Å². The quantitative estimate of drug-likeness (QED) is 0.329. The number of nitrogens with one attached hydrogen (secondary N) is 1. The zero-order valence-corrected chi connectivity index (χ0v) is 22.1. The average Bonchev–Trinajstić information content (AvgIpc) is 3.37. The summed E-state index contributed by atoms with van der Waals surface area (Å²) in [4.78, 5) is 35.7. The summed E-state index contributed by atoms with van der Waals surface area (Å²) in [5, 5.41) is 12.2. The normalized spacial score (nSPS) is 19.4. The molecular weight excluding hydrogens is 508 g/mol. The maximum atomic E-state index is 12.9. The monoisotopic (exact) mass is 540 g/mol. The topological polar surface area (TPSA) is 136 Å². The molecule has 1 aliphatic carbocycles. The maximum Gasteiger partial charge on any atom is 0.306 e. The second-order valence-corrected chi connectivity index (χ2v) is 10.4. The van der Waals surface area contributed by atoms with Gasteiger partial charge in [0.2, 0.25) is 5.91 Å². The number of morpholine rings is 1. The third-order valence-corrected chi connectivity index (χ3v) is 7.93. The molecule has 1 saturated carbocycles. The van der Waals surface area contributed by atoms with Crippen LogP contribution in [-0.4, -0.2) is 57.8 Å². The molecule has 1 saturated heterocycles. The van der Waals surface area contributed by atoms with E-state index in [1.165, 1.54) is 0 Å². The number of nitrogens with zero attached hydrogens (tertiary/aromatic N) is 4. The number of amides is 1. The molecule has 1 aliphatic heterocycles. The molecule has 3 heterocycles. The van der Waals surface area contributed by atoms with Crippen LogP contribution in [0.5, 0.6) is 0 Å². The van der Waals surface area contributed by atoms with Gasteiger partial charge in [0.1, 0.15) is 11.6 Å². The lowest BCUT2D eigenvalue weighted by Gasteiger charge is -2.28. The number of carbonyl (C=O) groups excluding carboxylic acids is 1. The number of hydrogen-bond acceptors (Lipinski definition) is 7. The number of nitrogen functional groups attached to an aromatic ring is 1.